The molecule has 86 valence electrons. The Morgan fingerprint density at radius 1 is 1.69 bits per heavy atom. The highest BCUT2D eigenvalue weighted by molar-refractivity contribution is 5.77. The van der Waals surface area contributed by atoms with Gasteiger partial charge in [0.1, 0.15) is 6.20 Å². The molecule has 6 nitrogen and oxygen atoms in total. The second-order valence-electron chi connectivity index (χ2n) is 3.37. The number of nitro groups is 1. The summed E-state index contributed by atoms with van der Waals surface area (Å²) < 4.78 is 0. The molecule has 1 N–H and O–H groups in total. The zero-order valence-corrected chi connectivity index (χ0v) is 8.79. The molecule has 0 saturated carbocycles. The third-order valence-electron chi connectivity index (χ3n) is 2.28. The summed E-state index contributed by atoms with van der Waals surface area (Å²) in [7, 11) is 0. The van der Waals surface area contributed by atoms with Crippen LogP contribution in [-0.4, -0.2) is 21.0 Å². The van der Waals surface area contributed by atoms with Crippen LogP contribution in [0.3, 0.4) is 0 Å². The zero-order valence-electron chi connectivity index (χ0n) is 8.79. The summed E-state index contributed by atoms with van der Waals surface area (Å²) in [4.78, 5) is 24.8. The van der Waals surface area contributed by atoms with Crippen molar-refractivity contribution in [3.8, 4) is 0 Å². The van der Waals surface area contributed by atoms with Crippen LogP contribution in [0.2, 0.25) is 0 Å². The lowest BCUT2D eigenvalue weighted by atomic mass is 9.94. The summed E-state index contributed by atoms with van der Waals surface area (Å²) in [5.74, 6) is -1.88. The molecule has 0 saturated heterocycles. The highest BCUT2D eigenvalue weighted by atomic mass is 16.6. The van der Waals surface area contributed by atoms with E-state index in [2.05, 4.69) is 4.98 Å². The molecule has 1 atom stereocenters. The van der Waals surface area contributed by atoms with Gasteiger partial charge in [-0.05, 0) is 12.5 Å². The molecule has 1 rings (SSSR count). The number of carboxylic acid groups (broad SMARTS) is 1. The molecule has 1 aromatic heterocycles. The van der Waals surface area contributed by atoms with Gasteiger partial charge in [0, 0.05) is 11.8 Å². The van der Waals surface area contributed by atoms with Gasteiger partial charge in [-0.1, -0.05) is 13.3 Å². The van der Waals surface area contributed by atoms with Crippen molar-refractivity contribution < 1.29 is 14.8 Å². The van der Waals surface area contributed by atoms with Gasteiger partial charge < -0.3 is 5.11 Å². The van der Waals surface area contributed by atoms with Gasteiger partial charge in [-0.25, -0.2) is 0 Å². The second kappa shape index (κ2) is 5.20. The van der Waals surface area contributed by atoms with E-state index in [0.29, 0.717) is 12.8 Å². The van der Waals surface area contributed by atoms with E-state index >= 15 is 0 Å². The molecule has 0 aliphatic heterocycles. The number of aromatic nitrogens is 1. The van der Waals surface area contributed by atoms with Gasteiger partial charge in [0.25, 0.3) is 5.69 Å². The maximum absolute atomic E-state index is 11.0. The molecule has 6 heteroatoms. The molecule has 0 aliphatic rings. The lowest BCUT2D eigenvalue weighted by molar-refractivity contribution is -0.386. The van der Waals surface area contributed by atoms with Crippen molar-refractivity contribution in [1.82, 2.24) is 4.98 Å². The number of carboxylic acids is 1. The number of hydrogen-bond acceptors (Lipinski definition) is 4. The predicted molar refractivity (Wildman–Crippen MR) is 56.2 cm³/mol. The molecule has 0 radical (unpaired) electrons. The Bertz CT molecular complexity index is 406. The minimum Gasteiger partial charge on any atom is -0.481 e. The van der Waals surface area contributed by atoms with Gasteiger partial charge in [0.05, 0.1) is 10.8 Å². The lowest BCUT2D eigenvalue weighted by Gasteiger charge is -2.10. The van der Waals surface area contributed by atoms with Gasteiger partial charge in [-0.3, -0.25) is 19.9 Å². The minimum atomic E-state index is -1.05. The van der Waals surface area contributed by atoms with Crippen LogP contribution in [0.25, 0.3) is 0 Å². The van der Waals surface area contributed by atoms with Gasteiger partial charge in [-0.2, -0.15) is 0 Å². The number of aliphatic carboxylic acids is 1. The summed E-state index contributed by atoms with van der Waals surface area (Å²) in [5, 5.41) is 19.7. The summed E-state index contributed by atoms with van der Waals surface area (Å²) in [5.41, 5.74) is -0.0160. The molecule has 0 amide bonds. The van der Waals surface area contributed by atoms with Crippen molar-refractivity contribution in [2.45, 2.75) is 25.7 Å². The largest absolute Gasteiger partial charge is 0.481 e. The van der Waals surface area contributed by atoms with Crippen molar-refractivity contribution >= 4 is 11.7 Å². The lowest BCUT2D eigenvalue weighted by Crippen LogP contribution is -2.13. The van der Waals surface area contributed by atoms with Crippen LogP contribution in [0, 0.1) is 10.1 Å². The van der Waals surface area contributed by atoms with Crippen LogP contribution in [-0.2, 0) is 4.79 Å². The number of carbonyl (C=O) groups is 1. The number of hydrogen-bond donors (Lipinski definition) is 1. The van der Waals surface area contributed by atoms with Gasteiger partial charge >= 0.3 is 5.97 Å². The third kappa shape index (κ3) is 2.53. The smallest absolute Gasteiger partial charge is 0.311 e. The second-order valence-corrected chi connectivity index (χ2v) is 3.37. The quantitative estimate of drug-likeness (QED) is 0.609. The maximum atomic E-state index is 11.0. The van der Waals surface area contributed by atoms with Crippen LogP contribution >= 0.6 is 0 Å². The van der Waals surface area contributed by atoms with E-state index in [-0.39, 0.29) is 11.3 Å². The fourth-order valence-corrected chi connectivity index (χ4v) is 1.54. The first kappa shape index (κ1) is 12.1. The zero-order chi connectivity index (χ0) is 12.1. The molecule has 16 heavy (non-hydrogen) atoms. The average molecular weight is 224 g/mol. The Morgan fingerprint density at radius 3 is 2.88 bits per heavy atom. The van der Waals surface area contributed by atoms with E-state index in [1.807, 2.05) is 6.92 Å². The summed E-state index contributed by atoms with van der Waals surface area (Å²) in [6.07, 6.45) is 3.48. The number of rotatable bonds is 5. The Kier molecular flexibility index (Phi) is 3.93. The van der Waals surface area contributed by atoms with Crippen molar-refractivity contribution in [2.24, 2.45) is 0 Å². The topological polar surface area (TPSA) is 93.3 Å². The van der Waals surface area contributed by atoms with E-state index in [0.717, 1.165) is 6.20 Å². The van der Waals surface area contributed by atoms with Crippen LogP contribution in [0.15, 0.2) is 18.5 Å². The van der Waals surface area contributed by atoms with Crippen LogP contribution < -0.4 is 0 Å². The molecular weight excluding hydrogens is 212 g/mol. The SMILES string of the molecule is CCCC(C(=O)O)c1ccncc1[N+](=O)[O-]. The van der Waals surface area contributed by atoms with Crippen LogP contribution in [0.1, 0.15) is 31.2 Å². The molecule has 0 fully saturated rings. The number of nitrogens with zero attached hydrogens (tertiary/aromatic N) is 2. The molecule has 0 aliphatic carbocycles. The summed E-state index contributed by atoms with van der Waals surface area (Å²) in [6.45, 7) is 1.84. The standard InChI is InChI=1S/C10H12N2O4/c1-2-3-8(10(13)14)7-4-5-11-6-9(7)12(15)16/h4-6,8H,2-3H2,1H3,(H,13,14). The molecule has 1 unspecified atom stereocenters. The van der Waals surface area contributed by atoms with Gasteiger partial charge in [-0.15, -0.1) is 0 Å². The van der Waals surface area contributed by atoms with E-state index in [1.165, 1.54) is 12.3 Å². The molecule has 1 heterocycles. The highest BCUT2D eigenvalue weighted by Crippen LogP contribution is 2.28. The minimum absolute atomic E-state index is 0.217. The Hall–Kier alpha value is -1.98. The van der Waals surface area contributed by atoms with Gasteiger partial charge in [0.15, 0.2) is 0 Å². The fourth-order valence-electron chi connectivity index (χ4n) is 1.54. The van der Waals surface area contributed by atoms with Crippen molar-refractivity contribution in [3.63, 3.8) is 0 Å². The number of pyridine rings is 1. The van der Waals surface area contributed by atoms with E-state index in [1.54, 1.807) is 0 Å². The normalized spacial score (nSPS) is 12.1. The first-order valence-corrected chi connectivity index (χ1v) is 4.89. The maximum Gasteiger partial charge on any atom is 0.311 e. The first-order valence-electron chi connectivity index (χ1n) is 4.89. The molecule has 0 aromatic carbocycles. The van der Waals surface area contributed by atoms with Crippen LogP contribution in [0.5, 0.6) is 0 Å². The Morgan fingerprint density at radius 2 is 2.38 bits per heavy atom. The van der Waals surface area contributed by atoms with Crippen molar-refractivity contribution in [3.05, 3.63) is 34.1 Å². The summed E-state index contributed by atoms with van der Waals surface area (Å²) >= 11 is 0. The third-order valence-corrected chi connectivity index (χ3v) is 2.28. The highest BCUT2D eigenvalue weighted by Gasteiger charge is 2.26. The fraction of sp³-hybridized carbons (Fsp3) is 0.400. The summed E-state index contributed by atoms with van der Waals surface area (Å²) in [6, 6.07) is 1.40. The molecule has 0 bridgehead atoms. The Balaban J connectivity index is 3.17. The molecular formula is C10H12N2O4. The monoisotopic (exact) mass is 224 g/mol. The molecule has 1 aromatic rings. The average Bonchev–Trinajstić information content (AvgIpc) is 2.25. The van der Waals surface area contributed by atoms with Gasteiger partial charge in [0.2, 0.25) is 0 Å². The molecule has 0 spiro atoms. The predicted octanol–water partition coefficient (Wildman–Crippen LogP) is 1.96. The van der Waals surface area contributed by atoms with E-state index in [4.69, 9.17) is 5.11 Å². The Labute approximate surface area is 92.1 Å². The van der Waals surface area contributed by atoms with E-state index in [9.17, 15) is 14.9 Å². The van der Waals surface area contributed by atoms with Crippen molar-refractivity contribution in [2.75, 3.05) is 0 Å². The van der Waals surface area contributed by atoms with Crippen LogP contribution in [0.4, 0.5) is 5.69 Å². The van der Waals surface area contributed by atoms with Crippen molar-refractivity contribution in [1.29, 1.82) is 0 Å². The van der Waals surface area contributed by atoms with E-state index < -0.39 is 16.8 Å². The first-order chi connectivity index (χ1) is 7.57.